The summed E-state index contributed by atoms with van der Waals surface area (Å²) < 4.78 is 0. The van der Waals surface area contributed by atoms with E-state index in [1.165, 1.54) is 24.0 Å². The van der Waals surface area contributed by atoms with Crippen LogP contribution in [0, 0.1) is 5.41 Å². The van der Waals surface area contributed by atoms with Gasteiger partial charge < -0.3 is 10.2 Å². The number of nitrogens with zero attached hydrogens (tertiary/aromatic N) is 1. The maximum absolute atomic E-state index is 12.1. The van der Waals surface area contributed by atoms with Crippen molar-refractivity contribution in [3.05, 3.63) is 69.5 Å². The van der Waals surface area contributed by atoms with Crippen LogP contribution >= 0.6 is 0 Å². The Balaban J connectivity index is 1.76. The smallest absolute Gasteiger partial charge is 0.106 e. The molecule has 0 spiro atoms. The number of allylic oxidation sites excluding steroid dienone is 2. The zero-order valence-electron chi connectivity index (χ0n) is 22.3. The Bertz CT molecular complexity index is 1130. The molecular weight excluding hydrogens is 430 g/mol. The van der Waals surface area contributed by atoms with Gasteiger partial charge in [-0.15, -0.1) is 0 Å². The predicted molar refractivity (Wildman–Crippen MR) is 144 cm³/mol. The second kappa shape index (κ2) is 9.16. The number of benzene rings is 1. The molecule has 3 nitrogen and oxygen atoms in total. The number of aliphatic hydroxyl groups excluding tert-OH is 2. The van der Waals surface area contributed by atoms with E-state index in [0.29, 0.717) is 5.92 Å². The van der Waals surface area contributed by atoms with Crippen LogP contribution in [0.2, 0.25) is 0 Å². The fourth-order valence-corrected chi connectivity index (χ4v) is 6.70. The van der Waals surface area contributed by atoms with Gasteiger partial charge in [0.1, 0.15) is 6.10 Å². The maximum Gasteiger partial charge on any atom is 0.106 e. The summed E-state index contributed by atoms with van der Waals surface area (Å²) in [6.07, 6.45) is 10.6. The number of hydrogen-bond donors (Lipinski definition) is 2. The van der Waals surface area contributed by atoms with Crippen LogP contribution < -0.4 is 0 Å². The molecule has 2 N–H and O–H groups in total. The monoisotopic (exact) mass is 473 g/mol. The molecule has 5 rings (SSSR count). The first-order valence-electron chi connectivity index (χ1n) is 13.8. The van der Waals surface area contributed by atoms with Gasteiger partial charge in [0.05, 0.1) is 11.8 Å². The van der Waals surface area contributed by atoms with Gasteiger partial charge in [-0.1, -0.05) is 77.8 Å². The molecule has 188 valence electrons. The quantitative estimate of drug-likeness (QED) is 0.478. The fourth-order valence-electron chi connectivity index (χ4n) is 6.70. The van der Waals surface area contributed by atoms with Crippen LogP contribution in [-0.4, -0.2) is 15.2 Å². The Kier molecular flexibility index (Phi) is 6.47. The lowest BCUT2D eigenvalue weighted by molar-refractivity contribution is 0.0972. The number of fused-ring (bicyclic) bond motifs is 1. The Hall–Kier alpha value is -1.97. The summed E-state index contributed by atoms with van der Waals surface area (Å²) in [5.41, 5.74) is 8.78. The van der Waals surface area contributed by atoms with E-state index >= 15 is 0 Å². The third-order valence-electron chi connectivity index (χ3n) is 8.55. The van der Waals surface area contributed by atoms with Crippen LogP contribution in [-0.2, 0) is 11.8 Å². The van der Waals surface area contributed by atoms with E-state index in [4.69, 9.17) is 4.98 Å². The van der Waals surface area contributed by atoms with E-state index in [0.717, 1.165) is 78.6 Å². The summed E-state index contributed by atoms with van der Waals surface area (Å²) in [5.74, 6) is 0.388. The second-order valence-electron chi connectivity index (χ2n) is 13.1. The molecule has 2 atom stereocenters. The van der Waals surface area contributed by atoms with Gasteiger partial charge in [0.15, 0.2) is 0 Å². The molecule has 1 unspecified atom stereocenters. The van der Waals surface area contributed by atoms with E-state index in [1.807, 2.05) is 0 Å². The molecule has 35 heavy (non-hydrogen) atoms. The van der Waals surface area contributed by atoms with E-state index in [-0.39, 0.29) is 10.8 Å². The van der Waals surface area contributed by atoms with Gasteiger partial charge in [0.25, 0.3) is 0 Å². The zero-order valence-corrected chi connectivity index (χ0v) is 22.3. The van der Waals surface area contributed by atoms with E-state index in [2.05, 4.69) is 65.0 Å². The molecule has 0 radical (unpaired) electrons. The predicted octanol–water partition coefficient (Wildman–Crippen LogP) is 7.69. The summed E-state index contributed by atoms with van der Waals surface area (Å²) in [6.45, 7) is 11.1. The van der Waals surface area contributed by atoms with Crippen molar-refractivity contribution in [3.8, 4) is 0 Å². The fraction of sp³-hybridized carbons (Fsp3) is 0.594. The van der Waals surface area contributed by atoms with Gasteiger partial charge in [-0.05, 0) is 78.0 Å². The van der Waals surface area contributed by atoms with Gasteiger partial charge >= 0.3 is 0 Å². The summed E-state index contributed by atoms with van der Waals surface area (Å²) >= 11 is 0. The Morgan fingerprint density at radius 2 is 1.83 bits per heavy atom. The van der Waals surface area contributed by atoms with Gasteiger partial charge in [0.2, 0.25) is 0 Å². The third-order valence-corrected chi connectivity index (χ3v) is 8.55. The largest absolute Gasteiger partial charge is 0.388 e. The molecular formula is C32H43NO2. The Labute approximate surface area is 211 Å². The molecule has 0 amide bonds. The lowest BCUT2D eigenvalue weighted by atomic mass is 9.71. The van der Waals surface area contributed by atoms with Crippen molar-refractivity contribution in [1.82, 2.24) is 4.98 Å². The van der Waals surface area contributed by atoms with Gasteiger partial charge in [-0.2, -0.15) is 0 Å². The third kappa shape index (κ3) is 4.74. The van der Waals surface area contributed by atoms with Crippen molar-refractivity contribution in [2.45, 2.75) is 116 Å². The topological polar surface area (TPSA) is 53.4 Å². The molecule has 2 aromatic rings. The molecule has 1 aromatic heterocycles. The molecule has 0 aliphatic heterocycles. The van der Waals surface area contributed by atoms with E-state index < -0.39 is 12.2 Å². The Morgan fingerprint density at radius 1 is 1.09 bits per heavy atom. The average molecular weight is 474 g/mol. The number of hydrogen-bond acceptors (Lipinski definition) is 3. The minimum absolute atomic E-state index is 0.0106. The lowest BCUT2D eigenvalue weighted by Crippen LogP contribution is -2.29. The van der Waals surface area contributed by atoms with Crippen molar-refractivity contribution in [2.24, 2.45) is 5.41 Å². The highest BCUT2D eigenvalue weighted by Crippen LogP contribution is 2.50. The number of rotatable bonds is 4. The summed E-state index contributed by atoms with van der Waals surface area (Å²) in [6, 6.07) is 8.47. The molecule has 0 bridgehead atoms. The minimum atomic E-state index is -0.746. The minimum Gasteiger partial charge on any atom is -0.388 e. The molecule has 3 aliphatic carbocycles. The van der Waals surface area contributed by atoms with Crippen molar-refractivity contribution in [3.63, 3.8) is 0 Å². The number of aromatic nitrogens is 1. The first-order chi connectivity index (χ1) is 16.5. The second-order valence-corrected chi connectivity index (χ2v) is 13.1. The zero-order chi connectivity index (χ0) is 25.0. The van der Waals surface area contributed by atoms with Crippen LogP contribution in [0.25, 0.3) is 5.57 Å². The molecule has 1 saturated carbocycles. The standard InChI is InChI=1S/C32H43NO2/c1-31(2,3)23-16-10-15-22(17-23)30(35)28-26(20-11-6-7-12-20)27-24(18-32(4,5)19-25(27)34)33-29(28)21-13-8-9-14-21/h10-11,15-17,21,25,30,34-35H,6-9,12-14,18-19H2,1-5H3/t25?,30-/m0/s1. The van der Waals surface area contributed by atoms with Crippen molar-refractivity contribution in [1.29, 1.82) is 0 Å². The van der Waals surface area contributed by atoms with Crippen LogP contribution in [0.15, 0.2) is 30.3 Å². The Morgan fingerprint density at radius 3 is 2.49 bits per heavy atom. The van der Waals surface area contributed by atoms with Crippen molar-refractivity contribution < 1.29 is 10.2 Å². The first-order valence-corrected chi connectivity index (χ1v) is 13.8. The normalized spacial score (nSPS) is 23.3. The van der Waals surface area contributed by atoms with Gasteiger partial charge in [-0.25, -0.2) is 0 Å². The SMILES string of the molecule is CC1(C)Cc2nc(C3CCCC3)c([C@@H](O)c3cccc(C(C)(C)C)c3)c(C3=CCCC3)c2C(O)C1. The van der Waals surface area contributed by atoms with Crippen LogP contribution in [0.3, 0.4) is 0 Å². The first kappa shape index (κ1) is 24.7. The summed E-state index contributed by atoms with van der Waals surface area (Å²) in [7, 11) is 0. The molecule has 1 fully saturated rings. The highest BCUT2D eigenvalue weighted by molar-refractivity contribution is 5.75. The lowest BCUT2D eigenvalue weighted by Gasteiger charge is -2.38. The molecule has 0 saturated heterocycles. The highest BCUT2D eigenvalue weighted by Gasteiger charge is 2.39. The molecule has 3 heteroatoms. The summed E-state index contributed by atoms with van der Waals surface area (Å²) in [4.78, 5) is 5.34. The van der Waals surface area contributed by atoms with E-state index in [1.54, 1.807) is 0 Å². The van der Waals surface area contributed by atoms with Crippen LogP contribution in [0.5, 0.6) is 0 Å². The summed E-state index contributed by atoms with van der Waals surface area (Å²) in [5, 5.41) is 23.6. The highest BCUT2D eigenvalue weighted by atomic mass is 16.3. The maximum atomic E-state index is 12.1. The van der Waals surface area contributed by atoms with Crippen molar-refractivity contribution in [2.75, 3.05) is 0 Å². The molecule has 1 heterocycles. The van der Waals surface area contributed by atoms with Crippen molar-refractivity contribution >= 4 is 5.57 Å². The van der Waals surface area contributed by atoms with E-state index in [9.17, 15) is 10.2 Å². The van der Waals surface area contributed by atoms with Crippen LogP contribution in [0.4, 0.5) is 0 Å². The number of pyridine rings is 1. The molecule has 1 aromatic carbocycles. The number of aliphatic hydroxyl groups is 2. The molecule has 3 aliphatic rings. The average Bonchev–Trinajstić information content (AvgIpc) is 3.50. The van der Waals surface area contributed by atoms with Gasteiger partial charge in [0, 0.05) is 22.7 Å². The van der Waals surface area contributed by atoms with Crippen LogP contribution in [0.1, 0.15) is 143 Å². The van der Waals surface area contributed by atoms with Gasteiger partial charge in [-0.3, -0.25) is 4.98 Å².